The minimum absolute atomic E-state index is 0.454. The standard InChI is InChI=1S/C13H18ClN3O/c1-16(7-5-9-18-2)13-11(10-14)17-8-4-3-6-12(17)15-13/h3-4,6,8H,5,7,9-10H2,1-2H3. The van der Waals surface area contributed by atoms with Gasteiger partial charge in [-0.2, -0.15) is 0 Å². The van der Waals surface area contributed by atoms with Crippen LogP contribution in [0.4, 0.5) is 5.82 Å². The third-order valence-corrected chi connectivity index (χ3v) is 3.19. The summed E-state index contributed by atoms with van der Waals surface area (Å²) in [6.45, 7) is 1.66. The summed E-state index contributed by atoms with van der Waals surface area (Å²) < 4.78 is 7.10. The van der Waals surface area contributed by atoms with Gasteiger partial charge in [0.05, 0.1) is 11.6 Å². The highest BCUT2D eigenvalue weighted by Gasteiger charge is 2.14. The number of pyridine rings is 1. The van der Waals surface area contributed by atoms with Crippen LogP contribution >= 0.6 is 11.6 Å². The van der Waals surface area contributed by atoms with Crippen molar-refractivity contribution in [2.24, 2.45) is 0 Å². The molecular formula is C13H18ClN3O. The van der Waals surface area contributed by atoms with E-state index in [0.29, 0.717) is 5.88 Å². The molecule has 0 fully saturated rings. The highest BCUT2D eigenvalue weighted by Crippen LogP contribution is 2.22. The molecule has 2 aromatic rings. The van der Waals surface area contributed by atoms with E-state index in [-0.39, 0.29) is 0 Å². The Hall–Kier alpha value is -1.26. The monoisotopic (exact) mass is 267 g/mol. The average molecular weight is 268 g/mol. The summed E-state index contributed by atoms with van der Waals surface area (Å²) in [5.41, 5.74) is 1.97. The van der Waals surface area contributed by atoms with Crippen molar-refractivity contribution >= 4 is 23.1 Å². The minimum Gasteiger partial charge on any atom is -0.385 e. The van der Waals surface area contributed by atoms with Crippen LogP contribution in [0.1, 0.15) is 12.1 Å². The van der Waals surface area contributed by atoms with E-state index in [1.54, 1.807) is 7.11 Å². The molecular weight excluding hydrogens is 250 g/mol. The summed E-state index contributed by atoms with van der Waals surface area (Å²) in [5.74, 6) is 1.40. The Bertz CT molecular complexity index is 512. The summed E-state index contributed by atoms with van der Waals surface area (Å²) in [6, 6.07) is 5.96. The topological polar surface area (TPSA) is 29.8 Å². The van der Waals surface area contributed by atoms with Crippen LogP contribution in [0.5, 0.6) is 0 Å². The van der Waals surface area contributed by atoms with Crippen molar-refractivity contribution in [1.29, 1.82) is 0 Å². The number of halogens is 1. The molecule has 0 bridgehead atoms. The summed E-state index contributed by atoms with van der Waals surface area (Å²) in [5, 5.41) is 0. The lowest BCUT2D eigenvalue weighted by atomic mass is 10.3. The van der Waals surface area contributed by atoms with E-state index in [2.05, 4.69) is 9.88 Å². The fraction of sp³-hybridized carbons (Fsp3) is 0.462. The van der Waals surface area contributed by atoms with Crippen LogP contribution in [0.3, 0.4) is 0 Å². The SMILES string of the molecule is COCCCN(C)c1nc2ccccn2c1CCl. The summed E-state index contributed by atoms with van der Waals surface area (Å²) in [7, 11) is 3.75. The molecule has 2 aromatic heterocycles. The Balaban J connectivity index is 2.26. The minimum atomic E-state index is 0.454. The maximum Gasteiger partial charge on any atom is 0.152 e. The highest BCUT2D eigenvalue weighted by molar-refractivity contribution is 6.17. The molecule has 0 saturated heterocycles. The Kier molecular flexibility index (Phi) is 4.44. The Labute approximate surface area is 112 Å². The molecule has 2 heterocycles. The van der Waals surface area contributed by atoms with Crippen LogP contribution in [0.25, 0.3) is 5.65 Å². The molecule has 0 atom stereocenters. The van der Waals surface area contributed by atoms with Crippen LogP contribution < -0.4 is 4.90 Å². The lowest BCUT2D eigenvalue weighted by molar-refractivity contribution is 0.196. The molecule has 0 radical (unpaired) electrons. The Morgan fingerprint density at radius 2 is 2.28 bits per heavy atom. The van der Waals surface area contributed by atoms with Gasteiger partial charge in [0.2, 0.25) is 0 Å². The second-order valence-electron chi connectivity index (χ2n) is 4.21. The molecule has 0 saturated carbocycles. The maximum absolute atomic E-state index is 6.05. The van der Waals surface area contributed by atoms with E-state index < -0.39 is 0 Å². The smallest absolute Gasteiger partial charge is 0.152 e. The van der Waals surface area contributed by atoms with Gasteiger partial charge in [-0.05, 0) is 18.6 Å². The third-order valence-electron chi connectivity index (χ3n) is 2.94. The Morgan fingerprint density at radius 1 is 1.44 bits per heavy atom. The number of aromatic nitrogens is 2. The number of methoxy groups -OCH3 is 1. The number of nitrogens with zero attached hydrogens (tertiary/aromatic N) is 3. The van der Waals surface area contributed by atoms with Gasteiger partial charge in [-0.3, -0.25) is 0 Å². The molecule has 2 rings (SSSR count). The molecule has 98 valence electrons. The van der Waals surface area contributed by atoms with Gasteiger partial charge in [-0.15, -0.1) is 11.6 Å². The van der Waals surface area contributed by atoms with Gasteiger partial charge in [-0.25, -0.2) is 4.98 Å². The molecule has 0 N–H and O–H groups in total. The van der Waals surface area contributed by atoms with Crippen LogP contribution in [0, 0.1) is 0 Å². The first-order valence-corrected chi connectivity index (χ1v) is 6.53. The van der Waals surface area contributed by atoms with Crippen molar-refractivity contribution in [1.82, 2.24) is 9.38 Å². The molecule has 0 amide bonds. The molecule has 0 aliphatic rings. The van der Waals surface area contributed by atoms with E-state index in [4.69, 9.17) is 16.3 Å². The number of imidazole rings is 1. The normalized spacial score (nSPS) is 11.1. The molecule has 5 heteroatoms. The van der Waals surface area contributed by atoms with Crippen molar-refractivity contribution in [3.8, 4) is 0 Å². The maximum atomic E-state index is 6.05. The number of hydrogen-bond acceptors (Lipinski definition) is 3. The number of alkyl halides is 1. The molecule has 4 nitrogen and oxygen atoms in total. The van der Waals surface area contributed by atoms with Crippen molar-refractivity contribution in [3.63, 3.8) is 0 Å². The van der Waals surface area contributed by atoms with Crippen LogP contribution in [-0.2, 0) is 10.6 Å². The second-order valence-corrected chi connectivity index (χ2v) is 4.48. The summed E-state index contributed by atoms with van der Waals surface area (Å²) in [6.07, 6.45) is 2.97. The van der Waals surface area contributed by atoms with Crippen molar-refractivity contribution in [2.75, 3.05) is 32.2 Å². The van der Waals surface area contributed by atoms with E-state index >= 15 is 0 Å². The first-order valence-electron chi connectivity index (χ1n) is 6.00. The Morgan fingerprint density at radius 3 is 3.00 bits per heavy atom. The van der Waals surface area contributed by atoms with Gasteiger partial charge < -0.3 is 14.0 Å². The fourth-order valence-electron chi connectivity index (χ4n) is 2.02. The quantitative estimate of drug-likeness (QED) is 0.595. The average Bonchev–Trinajstić information content (AvgIpc) is 2.77. The van der Waals surface area contributed by atoms with Gasteiger partial charge in [0.25, 0.3) is 0 Å². The zero-order valence-corrected chi connectivity index (χ0v) is 11.5. The zero-order chi connectivity index (χ0) is 13.0. The van der Waals surface area contributed by atoms with Gasteiger partial charge >= 0.3 is 0 Å². The lowest BCUT2D eigenvalue weighted by Gasteiger charge is -2.17. The van der Waals surface area contributed by atoms with Crippen LogP contribution in [0.15, 0.2) is 24.4 Å². The molecule has 18 heavy (non-hydrogen) atoms. The highest BCUT2D eigenvalue weighted by atomic mass is 35.5. The number of anilines is 1. The van der Waals surface area contributed by atoms with Crippen LogP contribution in [0.2, 0.25) is 0 Å². The van der Waals surface area contributed by atoms with Gasteiger partial charge in [0, 0.05) is 33.5 Å². The van der Waals surface area contributed by atoms with Crippen LogP contribution in [-0.4, -0.2) is 36.7 Å². The first-order chi connectivity index (χ1) is 8.77. The van der Waals surface area contributed by atoms with E-state index in [1.807, 2.05) is 35.8 Å². The number of hydrogen-bond donors (Lipinski definition) is 0. The number of ether oxygens (including phenoxy) is 1. The number of fused-ring (bicyclic) bond motifs is 1. The molecule has 0 aliphatic heterocycles. The predicted octanol–water partition coefficient (Wildman–Crippen LogP) is 2.55. The lowest BCUT2D eigenvalue weighted by Crippen LogP contribution is -2.21. The van der Waals surface area contributed by atoms with E-state index in [0.717, 1.165) is 36.7 Å². The molecule has 0 aliphatic carbocycles. The summed E-state index contributed by atoms with van der Waals surface area (Å²) >= 11 is 6.05. The van der Waals surface area contributed by atoms with Crippen molar-refractivity contribution in [2.45, 2.75) is 12.3 Å². The van der Waals surface area contributed by atoms with E-state index in [1.165, 1.54) is 0 Å². The van der Waals surface area contributed by atoms with E-state index in [9.17, 15) is 0 Å². The predicted molar refractivity (Wildman–Crippen MR) is 74.5 cm³/mol. The van der Waals surface area contributed by atoms with Gasteiger partial charge in [0.15, 0.2) is 5.82 Å². The first kappa shape index (κ1) is 13.2. The van der Waals surface area contributed by atoms with Gasteiger partial charge in [-0.1, -0.05) is 6.07 Å². The fourth-order valence-corrected chi connectivity index (χ4v) is 2.26. The largest absolute Gasteiger partial charge is 0.385 e. The van der Waals surface area contributed by atoms with Gasteiger partial charge in [0.1, 0.15) is 5.65 Å². The third kappa shape index (κ3) is 2.60. The zero-order valence-electron chi connectivity index (χ0n) is 10.8. The van der Waals surface area contributed by atoms with Crippen molar-refractivity contribution in [3.05, 3.63) is 30.1 Å². The number of rotatable bonds is 6. The van der Waals surface area contributed by atoms with Crippen molar-refractivity contribution < 1.29 is 4.74 Å². The summed E-state index contributed by atoms with van der Waals surface area (Å²) in [4.78, 5) is 6.75. The molecule has 0 unspecified atom stereocenters. The molecule has 0 spiro atoms. The second kappa shape index (κ2) is 6.07. The molecule has 0 aromatic carbocycles.